The number of H-pyrrole nitrogens is 1. The van der Waals surface area contributed by atoms with Crippen LogP contribution in [-0.2, 0) is 4.74 Å². The van der Waals surface area contributed by atoms with Crippen LogP contribution in [0.1, 0.15) is 46.5 Å². The van der Waals surface area contributed by atoms with Crippen LogP contribution in [0.5, 0.6) is 0 Å². The fraction of sp³-hybridized carbons (Fsp3) is 0.444. The second-order valence-electron chi connectivity index (χ2n) is 10.1. The number of aromatic amines is 1. The highest BCUT2D eigenvalue weighted by molar-refractivity contribution is 6.00. The van der Waals surface area contributed by atoms with E-state index in [-0.39, 0.29) is 35.2 Å². The first-order valence-corrected chi connectivity index (χ1v) is 13.4. The molecule has 0 radical (unpaired) electrons. The third kappa shape index (κ3) is 6.47. The minimum absolute atomic E-state index is 0.0172. The van der Waals surface area contributed by atoms with Crippen molar-refractivity contribution in [2.45, 2.75) is 37.8 Å². The summed E-state index contributed by atoms with van der Waals surface area (Å²) in [6.07, 6.45) is 3.72. The Hall–Kier alpha value is -3.74. The summed E-state index contributed by atoms with van der Waals surface area (Å²) in [5, 5.41) is 9.94. The molecule has 8 N–H and O–H groups in total. The van der Waals surface area contributed by atoms with E-state index in [4.69, 9.17) is 16.2 Å². The first kappa shape index (κ1) is 26.9. The third-order valence-corrected chi connectivity index (χ3v) is 7.33. The van der Waals surface area contributed by atoms with Gasteiger partial charge in [-0.05, 0) is 43.2 Å². The van der Waals surface area contributed by atoms with Crippen molar-refractivity contribution in [3.63, 3.8) is 0 Å². The molecule has 2 amide bonds. The Bertz CT molecular complexity index is 1340. The molecule has 3 aromatic rings. The average molecular weight is 539 g/mol. The smallest absolute Gasteiger partial charge is 0.267 e. The second-order valence-corrected chi connectivity index (χ2v) is 10.1. The number of nitrogens with zero attached hydrogens (tertiary/aromatic N) is 2. The maximum atomic E-state index is 14.8. The Kier molecular flexibility index (Phi) is 8.24. The predicted molar refractivity (Wildman–Crippen MR) is 148 cm³/mol. The number of fused-ring (bicyclic) bond motifs is 1. The molecule has 1 saturated carbocycles. The highest BCUT2D eigenvalue weighted by Gasteiger charge is 2.24. The summed E-state index contributed by atoms with van der Waals surface area (Å²) in [5.74, 6) is -1.52. The van der Waals surface area contributed by atoms with E-state index in [2.05, 4.69) is 30.8 Å². The maximum Gasteiger partial charge on any atom is 0.267 e. The predicted octanol–water partition coefficient (Wildman–Crippen LogP) is 2.29. The van der Waals surface area contributed by atoms with Gasteiger partial charge in [0, 0.05) is 54.9 Å². The third-order valence-electron chi connectivity index (χ3n) is 7.33. The van der Waals surface area contributed by atoms with Gasteiger partial charge in [0.15, 0.2) is 11.6 Å². The number of pyridine rings is 1. The van der Waals surface area contributed by atoms with E-state index >= 15 is 0 Å². The standard InChI is InChI=1S/C27H35FN8O3/c28-19-15-18(24(30)37)25(35-26(19)34-22-4-2-1-3-20(22)29)32-17-5-6-21-16(13-17)14-23(33-21)27(38)31-7-8-36-9-11-39-12-10-36/h5-6,13-15,20,22,33H,1-4,7-12,29H2,(H2,30,37)(H,31,38)(H2,32,34,35)/t20-,22+/m0/s1. The molecule has 1 saturated heterocycles. The number of anilines is 3. The van der Waals surface area contributed by atoms with Gasteiger partial charge in [-0.2, -0.15) is 0 Å². The number of hydrogen-bond donors (Lipinski definition) is 6. The summed E-state index contributed by atoms with van der Waals surface area (Å²) < 4.78 is 20.2. The van der Waals surface area contributed by atoms with E-state index in [0.29, 0.717) is 31.1 Å². The molecule has 3 heterocycles. The van der Waals surface area contributed by atoms with Crippen molar-refractivity contribution in [2.75, 3.05) is 50.0 Å². The number of rotatable bonds is 9. The summed E-state index contributed by atoms with van der Waals surface area (Å²) >= 11 is 0. The van der Waals surface area contributed by atoms with E-state index in [1.165, 1.54) is 0 Å². The number of hydrogen-bond acceptors (Lipinski definition) is 8. The Morgan fingerprint density at radius 1 is 1.13 bits per heavy atom. The van der Waals surface area contributed by atoms with Crippen molar-refractivity contribution in [1.82, 2.24) is 20.2 Å². The van der Waals surface area contributed by atoms with Crippen molar-refractivity contribution < 1.29 is 18.7 Å². The lowest BCUT2D eigenvalue weighted by Crippen LogP contribution is -2.43. The van der Waals surface area contributed by atoms with Crippen LogP contribution in [0.2, 0.25) is 0 Å². The average Bonchev–Trinajstić information content (AvgIpc) is 3.36. The molecule has 0 unspecified atom stereocenters. The van der Waals surface area contributed by atoms with Crippen molar-refractivity contribution in [1.29, 1.82) is 0 Å². The van der Waals surface area contributed by atoms with Crippen molar-refractivity contribution in [3.05, 3.63) is 47.4 Å². The van der Waals surface area contributed by atoms with Gasteiger partial charge in [-0.3, -0.25) is 14.5 Å². The number of aromatic nitrogens is 2. The Morgan fingerprint density at radius 3 is 2.69 bits per heavy atom. The van der Waals surface area contributed by atoms with Crippen LogP contribution >= 0.6 is 0 Å². The highest BCUT2D eigenvalue weighted by atomic mass is 19.1. The van der Waals surface area contributed by atoms with E-state index in [1.54, 1.807) is 12.1 Å². The molecule has 2 aromatic heterocycles. The fourth-order valence-electron chi connectivity index (χ4n) is 5.10. The zero-order chi connectivity index (χ0) is 27.4. The lowest BCUT2D eigenvalue weighted by molar-refractivity contribution is 0.0383. The summed E-state index contributed by atoms with van der Waals surface area (Å²) in [7, 11) is 0. The van der Waals surface area contributed by atoms with E-state index in [1.807, 2.05) is 12.1 Å². The molecule has 0 bridgehead atoms. The first-order chi connectivity index (χ1) is 18.9. The van der Waals surface area contributed by atoms with Crippen LogP contribution < -0.4 is 27.4 Å². The molecular weight excluding hydrogens is 503 g/mol. The monoisotopic (exact) mass is 538 g/mol. The maximum absolute atomic E-state index is 14.8. The minimum Gasteiger partial charge on any atom is -0.379 e. The minimum atomic E-state index is -0.802. The van der Waals surface area contributed by atoms with Gasteiger partial charge in [0.2, 0.25) is 0 Å². The van der Waals surface area contributed by atoms with Gasteiger partial charge in [-0.1, -0.05) is 12.8 Å². The van der Waals surface area contributed by atoms with Crippen LogP contribution in [0.3, 0.4) is 0 Å². The number of benzene rings is 1. The number of primary amides is 1. The number of nitrogens with two attached hydrogens (primary N) is 2. The number of nitrogens with one attached hydrogen (secondary N) is 4. The SMILES string of the molecule is NC(=O)c1cc(F)c(N[C@@H]2CCCC[C@@H]2N)nc1Nc1ccc2[nH]c(C(=O)NCCN3CCOCC3)cc2c1. The molecule has 1 aliphatic carbocycles. The molecule has 5 rings (SSSR count). The quantitative estimate of drug-likeness (QED) is 0.242. The van der Waals surface area contributed by atoms with Crippen LogP contribution in [0.15, 0.2) is 30.3 Å². The summed E-state index contributed by atoms with van der Waals surface area (Å²) in [6.45, 7) is 4.46. The summed E-state index contributed by atoms with van der Waals surface area (Å²) in [4.78, 5) is 34.5. The van der Waals surface area contributed by atoms with Gasteiger partial charge >= 0.3 is 0 Å². The van der Waals surface area contributed by atoms with Crippen molar-refractivity contribution >= 4 is 40.0 Å². The Labute approximate surface area is 225 Å². The van der Waals surface area contributed by atoms with E-state index in [9.17, 15) is 14.0 Å². The summed E-state index contributed by atoms with van der Waals surface area (Å²) in [6, 6.07) is 8.04. The fourth-order valence-corrected chi connectivity index (χ4v) is 5.10. The van der Waals surface area contributed by atoms with Crippen LogP contribution in [0.4, 0.5) is 21.7 Å². The molecule has 1 aromatic carbocycles. The number of carbonyl (C=O) groups excluding carboxylic acids is 2. The molecule has 12 heteroatoms. The second kappa shape index (κ2) is 12.0. The van der Waals surface area contributed by atoms with E-state index in [0.717, 1.165) is 62.3 Å². The lowest BCUT2D eigenvalue weighted by Gasteiger charge is -2.30. The van der Waals surface area contributed by atoms with Crippen LogP contribution in [0.25, 0.3) is 10.9 Å². The molecule has 0 spiro atoms. The first-order valence-electron chi connectivity index (χ1n) is 13.4. The van der Waals surface area contributed by atoms with Crippen LogP contribution in [0, 0.1) is 5.82 Å². The number of halogens is 1. The van der Waals surface area contributed by atoms with Crippen LogP contribution in [-0.4, -0.2) is 78.2 Å². The zero-order valence-corrected chi connectivity index (χ0v) is 21.8. The number of ether oxygens (including phenoxy) is 1. The number of morpholine rings is 1. The van der Waals surface area contributed by atoms with Gasteiger partial charge < -0.3 is 37.1 Å². The van der Waals surface area contributed by atoms with Gasteiger partial charge in [0.25, 0.3) is 11.8 Å². The Balaban J connectivity index is 1.30. The normalized spacial score (nSPS) is 20.1. The Morgan fingerprint density at radius 2 is 1.92 bits per heavy atom. The topological polar surface area (TPSA) is 163 Å². The van der Waals surface area contributed by atoms with Crippen molar-refractivity contribution in [3.8, 4) is 0 Å². The number of carbonyl (C=O) groups is 2. The molecule has 11 nitrogen and oxygen atoms in total. The van der Waals surface area contributed by atoms with Gasteiger partial charge in [0.05, 0.1) is 18.8 Å². The molecule has 2 fully saturated rings. The molecular formula is C27H35FN8O3. The lowest BCUT2D eigenvalue weighted by atomic mass is 9.91. The molecule has 2 atom stereocenters. The van der Waals surface area contributed by atoms with Crippen molar-refractivity contribution in [2.24, 2.45) is 11.5 Å². The molecule has 2 aliphatic rings. The van der Waals surface area contributed by atoms with Gasteiger partial charge in [-0.25, -0.2) is 9.37 Å². The zero-order valence-electron chi connectivity index (χ0n) is 21.8. The van der Waals surface area contributed by atoms with Gasteiger partial charge in [0.1, 0.15) is 11.5 Å². The largest absolute Gasteiger partial charge is 0.379 e. The van der Waals surface area contributed by atoms with Gasteiger partial charge in [-0.15, -0.1) is 0 Å². The molecule has 208 valence electrons. The molecule has 39 heavy (non-hydrogen) atoms. The number of amides is 2. The molecule has 1 aliphatic heterocycles. The highest BCUT2D eigenvalue weighted by Crippen LogP contribution is 2.28. The van der Waals surface area contributed by atoms with E-state index < -0.39 is 11.7 Å². The summed E-state index contributed by atoms with van der Waals surface area (Å²) in [5.41, 5.74) is 13.5.